The molecule has 20 heavy (non-hydrogen) atoms. The Kier molecular flexibility index (Phi) is 3.08. The van der Waals surface area contributed by atoms with Crippen LogP contribution in [0.15, 0.2) is 0 Å². The van der Waals surface area contributed by atoms with Gasteiger partial charge in [0.05, 0.1) is 31.3 Å². The van der Waals surface area contributed by atoms with Gasteiger partial charge in [0.15, 0.2) is 0 Å². The maximum atomic E-state index is 13.2. The number of hydrogen-bond acceptors (Lipinski definition) is 3. The second-order valence-corrected chi connectivity index (χ2v) is 7.61. The molecule has 112 valence electrons. The third kappa shape index (κ3) is 1.92. The first-order valence-corrected chi connectivity index (χ1v) is 8.20. The van der Waals surface area contributed by atoms with Gasteiger partial charge in [0.2, 0.25) is 5.91 Å². The number of aliphatic hydroxyl groups excluding tert-OH is 1. The van der Waals surface area contributed by atoms with Gasteiger partial charge in [0.1, 0.15) is 0 Å². The molecule has 0 aromatic carbocycles. The highest BCUT2D eigenvalue weighted by Crippen LogP contribution is 2.60. The monoisotopic (exact) mass is 279 g/mol. The van der Waals surface area contributed by atoms with Crippen LogP contribution in [0.25, 0.3) is 0 Å². The van der Waals surface area contributed by atoms with Gasteiger partial charge in [0, 0.05) is 6.54 Å². The molecule has 1 unspecified atom stereocenters. The minimum Gasteiger partial charge on any atom is -0.394 e. The quantitative estimate of drug-likeness (QED) is 0.832. The van der Waals surface area contributed by atoms with Crippen LogP contribution in [0.1, 0.15) is 38.5 Å². The van der Waals surface area contributed by atoms with E-state index in [4.69, 9.17) is 4.74 Å². The van der Waals surface area contributed by atoms with E-state index in [1.807, 2.05) is 4.90 Å². The molecular formula is C16H25NO3. The van der Waals surface area contributed by atoms with Gasteiger partial charge in [-0.25, -0.2) is 0 Å². The van der Waals surface area contributed by atoms with Crippen molar-refractivity contribution in [3.05, 3.63) is 0 Å². The van der Waals surface area contributed by atoms with E-state index in [1.165, 1.54) is 19.3 Å². The van der Waals surface area contributed by atoms with Crippen LogP contribution in [0.4, 0.5) is 0 Å². The number of ether oxygens (including phenoxy) is 1. The molecule has 0 aromatic heterocycles. The summed E-state index contributed by atoms with van der Waals surface area (Å²) in [4.78, 5) is 15.1. The Hall–Kier alpha value is -0.610. The highest BCUT2D eigenvalue weighted by atomic mass is 16.5. The Labute approximate surface area is 120 Å². The molecule has 4 bridgehead atoms. The molecule has 4 heteroatoms. The normalized spacial score (nSPS) is 46.8. The predicted octanol–water partition coefficient (Wildman–Crippen LogP) is 1.42. The summed E-state index contributed by atoms with van der Waals surface area (Å²) in [5, 5.41) is 9.52. The van der Waals surface area contributed by atoms with Crippen molar-refractivity contribution in [3.8, 4) is 0 Å². The van der Waals surface area contributed by atoms with E-state index >= 15 is 0 Å². The van der Waals surface area contributed by atoms with E-state index in [0.717, 1.165) is 37.0 Å². The summed E-state index contributed by atoms with van der Waals surface area (Å²) in [5.41, 5.74) is -0.0838. The summed E-state index contributed by atoms with van der Waals surface area (Å²) in [7, 11) is 0. The van der Waals surface area contributed by atoms with Crippen LogP contribution in [-0.2, 0) is 9.53 Å². The highest BCUT2D eigenvalue weighted by Gasteiger charge is 2.56. The number of hydrogen-bond donors (Lipinski definition) is 1. The second kappa shape index (κ2) is 4.70. The summed E-state index contributed by atoms with van der Waals surface area (Å²) in [6.07, 6.45) is 7.39. The van der Waals surface area contributed by atoms with Crippen molar-refractivity contribution in [2.45, 2.75) is 44.6 Å². The number of amides is 1. The number of aliphatic hydroxyl groups is 1. The first kappa shape index (κ1) is 13.1. The molecule has 4 aliphatic carbocycles. The van der Waals surface area contributed by atoms with Crippen molar-refractivity contribution in [1.82, 2.24) is 4.90 Å². The average molecular weight is 279 g/mol. The molecule has 1 saturated heterocycles. The Morgan fingerprint density at radius 3 is 2.30 bits per heavy atom. The Morgan fingerprint density at radius 2 is 1.75 bits per heavy atom. The van der Waals surface area contributed by atoms with Crippen LogP contribution < -0.4 is 0 Å². The molecule has 0 aromatic rings. The van der Waals surface area contributed by atoms with Crippen LogP contribution >= 0.6 is 0 Å². The summed E-state index contributed by atoms with van der Waals surface area (Å²) >= 11 is 0. The molecule has 1 aliphatic heterocycles. The fourth-order valence-corrected chi connectivity index (χ4v) is 5.75. The molecule has 4 nitrogen and oxygen atoms in total. The Balaban J connectivity index is 1.58. The van der Waals surface area contributed by atoms with Crippen LogP contribution in [0.3, 0.4) is 0 Å². The molecule has 0 spiro atoms. The lowest BCUT2D eigenvalue weighted by Gasteiger charge is -2.57. The maximum Gasteiger partial charge on any atom is 0.229 e. The largest absolute Gasteiger partial charge is 0.394 e. The van der Waals surface area contributed by atoms with Gasteiger partial charge in [-0.05, 0) is 56.3 Å². The predicted molar refractivity (Wildman–Crippen MR) is 74.0 cm³/mol. The van der Waals surface area contributed by atoms with Crippen molar-refractivity contribution in [1.29, 1.82) is 0 Å². The molecule has 5 fully saturated rings. The van der Waals surface area contributed by atoms with Gasteiger partial charge in [-0.15, -0.1) is 0 Å². The first-order chi connectivity index (χ1) is 9.70. The number of nitrogens with zero attached hydrogens (tertiary/aromatic N) is 1. The molecule has 5 rings (SSSR count). The fourth-order valence-electron chi connectivity index (χ4n) is 5.75. The van der Waals surface area contributed by atoms with Crippen molar-refractivity contribution in [3.63, 3.8) is 0 Å². The zero-order valence-corrected chi connectivity index (χ0v) is 12.1. The topological polar surface area (TPSA) is 49.8 Å². The summed E-state index contributed by atoms with van der Waals surface area (Å²) in [5.74, 6) is 2.70. The smallest absolute Gasteiger partial charge is 0.229 e. The van der Waals surface area contributed by atoms with Crippen molar-refractivity contribution in [2.24, 2.45) is 23.2 Å². The molecule has 0 radical (unpaired) electrons. The third-order valence-corrected chi connectivity index (χ3v) is 6.19. The van der Waals surface area contributed by atoms with E-state index in [-0.39, 0.29) is 18.1 Å². The molecule has 5 aliphatic rings. The van der Waals surface area contributed by atoms with E-state index < -0.39 is 0 Å². The lowest BCUT2D eigenvalue weighted by molar-refractivity contribution is -0.167. The Morgan fingerprint density at radius 1 is 1.15 bits per heavy atom. The van der Waals surface area contributed by atoms with Crippen LogP contribution in [-0.4, -0.2) is 48.3 Å². The molecule has 1 amide bonds. The number of carbonyl (C=O) groups excluding carboxylic acids is 1. The summed E-state index contributed by atoms with van der Waals surface area (Å²) in [6.45, 7) is 1.80. The standard InChI is InChI=1S/C16H25NO3/c18-9-14-10-20-2-1-17(14)15(19)16-6-11-3-12(7-16)5-13(4-11)8-16/h11-14,18H,1-10H2. The minimum absolute atomic E-state index is 0.0259. The zero-order chi connectivity index (χ0) is 13.7. The second-order valence-electron chi connectivity index (χ2n) is 7.61. The lowest BCUT2D eigenvalue weighted by atomic mass is 9.49. The summed E-state index contributed by atoms with van der Waals surface area (Å²) < 4.78 is 5.42. The van der Waals surface area contributed by atoms with Crippen molar-refractivity contribution in [2.75, 3.05) is 26.4 Å². The Bertz CT molecular complexity index is 373. The average Bonchev–Trinajstić information content (AvgIpc) is 2.45. The molecule has 1 heterocycles. The number of morpholine rings is 1. The van der Waals surface area contributed by atoms with Crippen LogP contribution in [0.5, 0.6) is 0 Å². The lowest BCUT2D eigenvalue weighted by Crippen LogP contribution is -2.59. The van der Waals surface area contributed by atoms with Gasteiger partial charge >= 0.3 is 0 Å². The fraction of sp³-hybridized carbons (Fsp3) is 0.938. The highest BCUT2D eigenvalue weighted by molar-refractivity contribution is 5.83. The van der Waals surface area contributed by atoms with Gasteiger partial charge in [-0.2, -0.15) is 0 Å². The molecule has 4 saturated carbocycles. The number of carbonyl (C=O) groups is 1. The van der Waals surface area contributed by atoms with Gasteiger partial charge in [-0.1, -0.05) is 0 Å². The van der Waals surface area contributed by atoms with Gasteiger partial charge in [0.25, 0.3) is 0 Å². The SMILES string of the molecule is O=C(N1CCOCC1CO)C12CC3CC(CC(C3)C1)C2. The maximum absolute atomic E-state index is 13.2. The van der Waals surface area contributed by atoms with Crippen molar-refractivity contribution < 1.29 is 14.6 Å². The van der Waals surface area contributed by atoms with Crippen LogP contribution in [0.2, 0.25) is 0 Å². The van der Waals surface area contributed by atoms with Crippen LogP contribution in [0, 0.1) is 23.2 Å². The van der Waals surface area contributed by atoms with Gasteiger partial charge in [-0.3, -0.25) is 4.79 Å². The number of rotatable bonds is 2. The van der Waals surface area contributed by atoms with Gasteiger partial charge < -0.3 is 14.7 Å². The minimum atomic E-state index is -0.121. The first-order valence-electron chi connectivity index (χ1n) is 8.20. The van der Waals surface area contributed by atoms with E-state index in [1.54, 1.807) is 0 Å². The molecule has 1 N–H and O–H groups in total. The molecular weight excluding hydrogens is 254 g/mol. The van der Waals surface area contributed by atoms with Crippen molar-refractivity contribution >= 4 is 5.91 Å². The summed E-state index contributed by atoms with van der Waals surface area (Å²) in [6, 6.07) is -0.121. The molecule has 1 atom stereocenters. The third-order valence-electron chi connectivity index (χ3n) is 6.19. The zero-order valence-electron chi connectivity index (χ0n) is 12.1. The van der Waals surface area contributed by atoms with E-state index in [2.05, 4.69) is 0 Å². The van der Waals surface area contributed by atoms with E-state index in [9.17, 15) is 9.90 Å². The van der Waals surface area contributed by atoms with E-state index in [0.29, 0.717) is 25.7 Å².